The van der Waals surface area contributed by atoms with Gasteiger partial charge < -0.3 is 15.7 Å². The number of carbonyl (C=O) groups excluding carboxylic acids is 1. The summed E-state index contributed by atoms with van der Waals surface area (Å²) in [5.41, 5.74) is 5.27. The third kappa shape index (κ3) is 3.66. The van der Waals surface area contributed by atoms with Crippen molar-refractivity contribution in [2.45, 2.75) is 25.7 Å². The van der Waals surface area contributed by atoms with E-state index in [1.165, 1.54) is 0 Å². The summed E-state index contributed by atoms with van der Waals surface area (Å²) in [5.74, 6) is -0.290. The Morgan fingerprint density at radius 3 is 2.80 bits per heavy atom. The lowest BCUT2D eigenvalue weighted by Crippen LogP contribution is -2.36. The lowest BCUT2D eigenvalue weighted by atomic mass is 9.93. The number of anilines is 1. The molecule has 0 bridgehead atoms. The zero-order valence-corrected chi connectivity index (χ0v) is 11.2. The summed E-state index contributed by atoms with van der Waals surface area (Å²) in [6.45, 7) is 1.64. The largest absolute Gasteiger partial charge is 0.481 e. The molecular weight excluding hydrogens is 260 g/mol. The third-order valence-electron chi connectivity index (χ3n) is 3.51. The van der Waals surface area contributed by atoms with Gasteiger partial charge in [0.15, 0.2) is 11.5 Å². The molecule has 1 aliphatic heterocycles. The topological polar surface area (TPSA) is 109 Å². The molecule has 1 aliphatic rings. The fourth-order valence-electron chi connectivity index (χ4n) is 2.46. The summed E-state index contributed by atoms with van der Waals surface area (Å²) in [5, 5.41) is 16.5. The molecule has 0 radical (unpaired) electrons. The minimum atomic E-state index is -0.757. The molecule has 0 aliphatic carbocycles. The van der Waals surface area contributed by atoms with Crippen LogP contribution in [0.1, 0.15) is 36.2 Å². The molecule has 1 fully saturated rings. The number of primary amides is 1. The molecule has 1 amide bonds. The Balaban J connectivity index is 1.97. The fourth-order valence-corrected chi connectivity index (χ4v) is 2.46. The molecule has 1 aromatic rings. The van der Waals surface area contributed by atoms with Gasteiger partial charge in [0.05, 0.1) is 0 Å². The SMILES string of the molecule is NC(=O)c1ccc(N2CCCC(CCC(=O)O)C2)nn1. The summed E-state index contributed by atoms with van der Waals surface area (Å²) in [6.07, 6.45) is 2.92. The quantitative estimate of drug-likeness (QED) is 0.818. The van der Waals surface area contributed by atoms with Crippen LogP contribution in [0.5, 0.6) is 0 Å². The number of amides is 1. The van der Waals surface area contributed by atoms with E-state index in [4.69, 9.17) is 10.8 Å². The van der Waals surface area contributed by atoms with Gasteiger partial charge >= 0.3 is 5.97 Å². The first kappa shape index (κ1) is 14.2. The van der Waals surface area contributed by atoms with Crippen molar-refractivity contribution in [3.63, 3.8) is 0 Å². The number of hydrogen-bond acceptors (Lipinski definition) is 5. The van der Waals surface area contributed by atoms with Gasteiger partial charge in [0, 0.05) is 19.5 Å². The van der Waals surface area contributed by atoms with Crippen molar-refractivity contribution in [2.75, 3.05) is 18.0 Å². The van der Waals surface area contributed by atoms with Crippen LogP contribution in [0.25, 0.3) is 0 Å². The first-order valence-electron chi connectivity index (χ1n) is 6.66. The Morgan fingerprint density at radius 1 is 1.40 bits per heavy atom. The molecule has 1 saturated heterocycles. The number of piperidine rings is 1. The van der Waals surface area contributed by atoms with E-state index in [-0.39, 0.29) is 12.1 Å². The normalized spacial score (nSPS) is 18.8. The van der Waals surface area contributed by atoms with E-state index in [2.05, 4.69) is 15.1 Å². The van der Waals surface area contributed by atoms with Gasteiger partial charge in [-0.1, -0.05) is 0 Å². The Bertz CT molecular complexity index is 489. The maximum absolute atomic E-state index is 10.9. The Kier molecular flexibility index (Phi) is 4.49. The van der Waals surface area contributed by atoms with Crippen molar-refractivity contribution < 1.29 is 14.7 Å². The molecular formula is C13H18N4O3. The van der Waals surface area contributed by atoms with Crippen LogP contribution in [0, 0.1) is 5.92 Å². The highest BCUT2D eigenvalue weighted by molar-refractivity contribution is 5.90. The van der Waals surface area contributed by atoms with Crippen molar-refractivity contribution in [3.8, 4) is 0 Å². The third-order valence-corrected chi connectivity index (χ3v) is 3.51. The first-order valence-corrected chi connectivity index (χ1v) is 6.66. The maximum atomic E-state index is 10.9. The van der Waals surface area contributed by atoms with E-state index in [9.17, 15) is 9.59 Å². The highest BCUT2D eigenvalue weighted by Crippen LogP contribution is 2.24. The average Bonchev–Trinajstić information content (AvgIpc) is 2.45. The van der Waals surface area contributed by atoms with Crippen molar-refractivity contribution in [3.05, 3.63) is 17.8 Å². The molecule has 2 heterocycles. The molecule has 0 saturated carbocycles. The summed E-state index contributed by atoms with van der Waals surface area (Å²) < 4.78 is 0. The van der Waals surface area contributed by atoms with Crippen LogP contribution in [0.4, 0.5) is 5.82 Å². The van der Waals surface area contributed by atoms with Gasteiger partial charge in [-0.15, -0.1) is 10.2 Å². The summed E-state index contributed by atoms with van der Waals surface area (Å²) >= 11 is 0. The Labute approximate surface area is 116 Å². The molecule has 0 aromatic carbocycles. The minimum absolute atomic E-state index is 0.146. The number of carboxylic acid groups (broad SMARTS) is 1. The van der Waals surface area contributed by atoms with E-state index in [1.54, 1.807) is 12.1 Å². The van der Waals surface area contributed by atoms with Gasteiger partial charge in [0.2, 0.25) is 0 Å². The molecule has 7 nitrogen and oxygen atoms in total. The van der Waals surface area contributed by atoms with Crippen LogP contribution in [0.3, 0.4) is 0 Å². The zero-order chi connectivity index (χ0) is 14.5. The highest BCUT2D eigenvalue weighted by atomic mass is 16.4. The maximum Gasteiger partial charge on any atom is 0.303 e. The van der Waals surface area contributed by atoms with E-state index >= 15 is 0 Å². The molecule has 108 valence electrons. The van der Waals surface area contributed by atoms with Crippen LogP contribution in [-0.4, -0.2) is 40.3 Å². The molecule has 0 spiro atoms. The molecule has 7 heteroatoms. The van der Waals surface area contributed by atoms with Gasteiger partial charge in [-0.25, -0.2) is 0 Å². The molecule has 2 rings (SSSR count). The fraction of sp³-hybridized carbons (Fsp3) is 0.538. The molecule has 3 N–H and O–H groups in total. The number of rotatable bonds is 5. The van der Waals surface area contributed by atoms with Crippen LogP contribution >= 0.6 is 0 Å². The van der Waals surface area contributed by atoms with Crippen LogP contribution in [0.2, 0.25) is 0 Å². The van der Waals surface area contributed by atoms with Crippen molar-refractivity contribution in [1.29, 1.82) is 0 Å². The van der Waals surface area contributed by atoms with Gasteiger partial charge in [-0.3, -0.25) is 9.59 Å². The van der Waals surface area contributed by atoms with Crippen molar-refractivity contribution in [1.82, 2.24) is 10.2 Å². The number of hydrogen-bond donors (Lipinski definition) is 2. The van der Waals surface area contributed by atoms with Gasteiger partial charge in [-0.05, 0) is 37.3 Å². The minimum Gasteiger partial charge on any atom is -0.481 e. The summed E-state index contributed by atoms with van der Waals surface area (Å²) in [6, 6.07) is 3.29. The second-order valence-corrected chi connectivity index (χ2v) is 5.03. The predicted molar refractivity (Wildman–Crippen MR) is 72.4 cm³/mol. The van der Waals surface area contributed by atoms with E-state index in [0.29, 0.717) is 18.2 Å². The average molecular weight is 278 g/mol. The van der Waals surface area contributed by atoms with E-state index in [1.807, 2.05) is 0 Å². The van der Waals surface area contributed by atoms with Gasteiger partial charge in [0.1, 0.15) is 0 Å². The Morgan fingerprint density at radius 2 is 2.20 bits per heavy atom. The predicted octanol–water partition coefficient (Wildman–Crippen LogP) is 0.657. The van der Waals surface area contributed by atoms with Gasteiger partial charge in [-0.2, -0.15) is 0 Å². The first-order chi connectivity index (χ1) is 9.56. The zero-order valence-electron chi connectivity index (χ0n) is 11.2. The number of nitrogens with two attached hydrogens (primary N) is 1. The monoisotopic (exact) mass is 278 g/mol. The number of aliphatic carboxylic acids is 1. The van der Waals surface area contributed by atoms with E-state index in [0.717, 1.165) is 25.9 Å². The number of nitrogens with zero attached hydrogens (tertiary/aromatic N) is 3. The number of carboxylic acids is 1. The molecule has 1 aromatic heterocycles. The highest BCUT2D eigenvalue weighted by Gasteiger charge is 2.21. The lowest BCUT2D eigenvalue weighted by molar-refractivity contribution is -0.137. The summed E-state index contributed by atoms with van der Waals surface area (Å²) in [7, 11) is 0. The Hall–Kier alpha value is -2.18. The van der Waals surface area contributed by atoms with Crippen LogP contribution < -0.4 is 10.6 Å². The second-order valence-electron chi connectivity index (χ2n) is 5.03. The van der Waals surface area contributed by atoms with Crippen molar-refractivity contribution in [2.24, 2.45) is 11.7 Å². The van der Waals surface area contributed by atoms with Crippen LogP contribution in [-0.2, 0) is 4.79 Å². The van der Waals surface area contributed by atoms with Crippen molar-refractivity contribution >= 4 is 17.7 Å². The molecule has 1 atom stereocenters. The smallest absolute Gasteiger partial charge is 0.303 e. The number of carbonyl (C=O) groups is 2. The molecule has 1 unspecified atom stereocenters. The number of aromatic nitrogens is 2. The van der Waals surface area contributed by atoms with Gasteiger partial charge in [0.25, 0.3) is 5.91 Å². The second kappa shape index (κ2) is 6.31. The standard InChI is InChI=1S/C13H18N4O3/c14-13(20)10-4-5-11(16-15-10)17-7-1-2-9(8-17)3-6-12(18)19/h4-5,9H,1-3,6-8H2,(H2,14,20)(H,18,19). The van der Waals surface area contributed by atoms with Crippen LogP contribution in [0.15, 0.2) is 12.1 Å². The molecule has 20 heavy (non-hydrogen) atoms. The van der Waals surface area contributed by atoms with E-state index < -0.39 is 11.9 Å². The summed E-state index contributed by atoms with van der Waals surface area (Å²) in [4.78, 5) is 23.6. The lowest BCUT2D eigenvalue weighted by Gasteiger charge is -2.33.